The smallest absolute Gasteiger partial charge is 0.261 e. The Morgan fingerprint density at radius 1 is 1.50 bits per heavy atom. The number of hydrogen-bond acceptors (Lipinski definition) is 3. The number of ether oxygens (including phenoxy) is 1. The summed E-state index contributed by atoms with van der Waals surface area (Å²) in [4.78, 5) is 11.8. The molecule has 2 atom stereocenters. The largest absolute Gasteiger partial charge is 0.479 e. The van der Waals surface area contributed by atoms with Gasteiger partial charge in [-0.15, -0.1) is 0 Å². The number of aliphatic hydroxyl groups excluding tert-OH is 1. The van der Waals surface area contributed by atoms with Crippen LogP contribution in [0.15, 0.2) is 24.3 Å². The van der Waals surface area contributed by atoms with Crippen LogP contribution in [-0.4, -0.2) is 29.8 Å². The van der Waals surface area contributed by atoms with E-state index < -0.39 is 6.10 Å². The predicted molar refractivity (Wildman–Crippen MR) is 70.8 cm³/mol. The number of carbonyl (C=O) groups excluding carboxylic acids is 1. The van der Waals surface area contributed by atoms with Gasteiger partial charge in [0, 0.05) is 0 Å². The van der Waals surface area contributed by atoms with E-state index in [1.165, 1.54) is 0 Å². The van der Waals surface area contributed by atoms with Crippen LogP contribution in [0, 0.1) is 0 Å². The molecule has 100 valence electrons. The Balaban J connectivity index is 2.57. The Morgan fingerprint density at radius 3 is 2.72 bits per heavy atom. The van der Waals surface area contributed by atoms with E-state index in [9.17, 15) is 4.79 Å². The summed E-state index contributed by atoms with van der Waals surface area (Å²) in [6, 6.07) is 6.74. The third kappa shape index (κ3) is 4.20. The SMILES string of the molecule is CC[C@H](CO)NC(=O)C(C)Oc1ccccc1Cl. The topological polar surface area (TPSA) is 58.6 Å². The molecule has 18 heavy (non-hydrogen) atoms. The van der Waals surface area contributed by atoms with Gasteiger partial charge in [-0.05, 0) is 25.5 Å². The molecule has 5 heteroatoms. The monoisotopic (exact) mass is 271 g/mol. The first kappa shape index (κ1) is 14.8. The molecule has 4 nitrogen and oxygen atoms in total. The number of amides is 1. The summed E-state index contributed by atoms with van der Waals surface area (Å²) in [5, 5.41) is 12.2. The van der Waals surface area contributed by atoms with Gasteiger partial charge in [-0.1, -0.05) is 30.7 Å². The lowest BCUT2D eigenvalue weighted by molar-refractivity contribution is -0.128. The molecule has 0 aliphatic heterocycles. The molecule has 1 amide bonds. The predicted octanol–water partition coefficient (Wildman–Crippen LogP) is 1.99. The molecule has 0 radical (unpaired) electrons. The van der Waals surface area contributed by atoms with Crippen molar-refractivity contribution in [2.24, 2.45) is 0 Å². The first-order valence-corrected chi connectivity index (χ1v) is 6.28. The molecule has 1 unspecified atom stereocenters. The fraction of sp³-hybridized carbons (Fsp3) is 0.462. The number of nitrogens with one attached hydrogen (secondary N) is 1. The maximum Gasteiger partial charge on any atom is 0.261 e. The van der Waals surface area contributed by atoms with Gasteiger partial charge in [-0.3, -0.25) is 4.79 Å². The van der Waals surface area contributed by atoms with Crippen LogP contribution < -0.4 is 10.1 Å². The highest BCUT2D eigenvalue weighted by Gasteiger charge is 2.18. The summed E-state index contributed by atoms with van der Waals surface area (Å²) in [5.41, 5.74) is 0. The van der Waals surface area contributed by atoms with E-state index in [0.29, 0.717) is 17.2 Å². The van der Waals surface area contributed by atoms with Crippen molar-refractivity contribution in [3.63, 3.8) is 0 Å². The molecule has 1 rings (SSSR count). The van der Waals surface area contributed by atoms with Crippen molar-refractivity contribution in [3.8, 4) is 5.75 Å². The second-order valence-electron chi connectivity index (χ2n) is 3.99. The highest BCUT2D eigenvalue weighted by molar-refractivity contribution is 6.32. The van der Waals surface area contributed by atoms with Gasteiger partial charge in [0.1, 0.15) is 5.75 Å². The number of para-hydroxylation sites is 1. The molecule has 0 fully saturated rings. The van der Waals surface area contributed by atoms with Gasteiger partial charge >= 0.3 is 0 Å². The first-order chi connectivity index (χ1) is 8.58. The van der Waals surface area contributed by atoms with Crippen LogP contribution in [0.5, 0.6) is 5.75 Å². The zero-order valence-electron chi connectivity index (χ0n) is 10.5. The molecule has 0 bridgehead atoms. The van der Waals surface area contributed by atoms with Gasteiger partial charge in [-0.25, -0.2) is 0 Å². The van der Waals surface area contributed by atoms with Gasteiger partial charge in [0.2, 0.25) is 0 Å². The molecule has 0 aromatic heterocycles. The number of aliphatic hydroxyl groups is 1. The third-order valence-corrected chi connectivity index (χ3v) is 2.88. The van der Waals surface area contributed by atoms with Crippen LogP contribution in [0.4, 0.5) is 0 Å². The minimum atomic E-state index is -0.662. The summed E-state index contributed by atoms with van der Waals surface area (Å²) >= 11 is 5.94. The van der Waals surface area contributed by atoms with Crippen LogP contribution in [-0.2, 0) is 4.79 Å². The summed E-state index contributed by atoms with van der Waals surface area (Å²) < 4.78 is 5.47. The second-order valence-corrected chi connectivity index (χ2v) is 4.39. The second kappa shape index (κ2) is 7.24. The Kier molecular flexibility index (Phi) is 5.95. The lowest BCUT2D eigenvalue weighted by Gasteiger charge is -2.19. The zero-order valence-corrected chi connectivity index (χ0v) is 11.3. The molecule has 1 aromatic rings. The number of benzene rings is 1. The van der Waals surface area contributed by atoms with Crippen molar-refractivity contribution in [2.45, 2.75) is 32.4 Å². The van der Waals surface area contributed by atoms with E-state index in [1.807, 2.05) is 6.92 Å². The fourth-order valence-corrected chi connectivity index (χ4v) is 1.56. The average Bonchev–Trinajstić information content (AvgIpc) is 2.38. The van der Waals surface area contributed by atoms with Crippen LogP contribution >= 0.6 is 11.6 Å². The minimum absolute atomic E-state index is 0.0823. The lowest BCUT2D eigenvalue weighted by atomic mass is 10.2. The number of hydrogen-bond donors (Lipinski definition) is 2. The molecule has 0 saturated heterocycles. The van der Waals surface area contributed by atoms with E-state index in [2.05, 4.69) is 5.32 Å². The highest BCUT2D eigenvalue weighted by atomic mass is 35.5. The fourth-order valence-electron chi connectivity index (χ4n) is 1.38. The number of carbonyl (C=O) groups is 1. The number of rotatable bonds is 6. The molecular formula is C13H18ClNO3. The Hall–Kier alpha value is -1.26. The van der Waals surface area contributed by atoms with Crippen molar-refractivity contribution in [1.82, 2.24) is 5.32 Å². The Labute approximate surface area is 112 Å². The first-order valence-electron chi connectivity index (χ1n) is 5.90. The van der Waals surface area contributed by atoms with E-state index in [4.69, 9.17) is 21.4 Å². The summed E-state index contributed by atoms with van der Waals surface area (Å²) in [7, 11) is 0. The Bertz CT molecular complexity index is 394. The van der Waals surface area contributed by atoms with Crippen LogP contribution in [0.1, 0.15) is 20.3 Å². The number of halogens is 1. The van der Waals surface area contributed by atoms with Gasteiger partial charge in [0.15, 0.2) is 6.10 Å². The molecule has 0 aliphatic rings. The molecule has 1 aromatic carbocycles. The minimum Gasteiger partial charge on any atom is -0.479 e. The average molecular weight is 272 g/mol. The van der Waals surface area contributed by atoms with Crippen molar-refractivity contribution in [3.05, 3.63) is 29.3 Å². The molecule has 0 heterocycles. The quantitative estimate of drug-likeness (QED) is 0.832. The van der Waals surface area contributed by atoms with E-state index in [-0.39, 0.29) is 18.6 Å². The van der Waals surface area contributed by atoms with Crippen molar-refractivity contribution in [2.75, 3.05) is 6.61 Å². The van der Waals surface area contributed by atoms with Gasteiger partial charge < -0.3 is 15.2 Å². The zero-order chi connectivity index (χ0) is 13.5. The Morgan fingerprint density at radius 2 is 2.17 bits per heavy atom. The standard InChI is InChI=1S/C13H18ClNO3/c1-3-10(8-16)15-13(17)9(2)18-12-7-5-4-6-11(12)14/h4-7,9-10,16H,3,8H2,1-2H3,(H,15,17)/t9?,10-/m1/s1. The van der Waals surface area contributed by atoms with E-state index in [0.717, 1.165) is 0 Å². The van der Waals surface area contributed by atoms with Crippen LogP contribution in [0.2, 0.25) is 5.02 Å². The van der Waals surface area contributed by atoms with E-state index in [1.54, 1.807) is 31.2 Å². The van der Waals surface area contributed by atoms with Gasteiger partial charge in [0.25, 0.3) is 5.91 Å². The maximum atomic E-state index is 11.8. The maximum absolute atomic E-state index is 11.8. The molecular weight excluding hydrogens is 254 g/mol. The van der Waals surface area contributed by atoms with Crippen molar-refractivity contribution in [1.29, 1.82) is 0 Å². The van der Waals surface area contributed by atoms with E-state index >= 15 is 0 Å². The summed E-state index contributed by atoms with van der Waals surface area (Å²) in [6.07, 6.45) is 0.00614. The molecule has 0 spiro atoms. The van der Waals surface area contributed by atoms with Crippen LogP contribution in [0.25, 0.3) is 0 Å². The van der Waals surface area contributed by atoms with Gasteiger partial charge in [0.05, 0.1) is 17.7 Å². The lowest BCUT2D eigenvalue weighted by Crippen LogP contribution is -2.43. The molecule has 0 aliphatic carbocycles. The van der Waals surface area contributed by atoms with Crippen molar-refractivity contribution >= 4 is 17.5 Å². The molecule has 2 N–H and O–H groups in total. The molecule has 0 saturated carbocycles. The highest BCUT2D eigenvalue weighted by Crippen LogP contribution is 2.24. The van der Waals surface area contributed by atoms with Crippen LogP contribution in [0.3, 0.4) is 0 Å². The normalized spacial score (nSPS) is 13.8. The van der Waals surface area contributed by atoms with Crippen molar-refractivity contribution < 1.29 is 14.6 Å². The summed E-state index contributed by atoms with van der Waals surface area (Å²) in [5.74, 6) is 0.203. The van der Waals surface area contributed by atoms with Gasteiger partial charge in [-0.2, -0.15) is 0 Å². The third-order valence-electron chi connectivity index (χ3n) is 2.57. The summed E-state index contributed by atoms with van der Waals surface area (Å²) in [6.45, 7) is 3.45.